The molecule has 0 bridgehead atoms. The molecular formula is C38H49NO10. The number of ether oxygens (including phenoxy) is 4. The normalized spacial score (nSPS) is 17.7. The maximum atomic E-state index is 13.8. The SMILES string of the molecule is CC(=O)O[C@H](C(=O)C=C(C(=O)CCCOC[C@@H](CO)OCc1ccccc1)c1cccc(C)c1)[C@H](C)C(=O)N1C(=O)OC(C)(C)[C@@H]1C(C)C. The van der Waals surface area contributed by atoms with Gasteiger partial charge >= 0.3 is 12.1 Å². The van der Waals surface area contributed by atoms with E-state index in [0.29, 0.717) is 18.6 Å². The maximum absolute atomic E-state index is 13.8. The van der Waals surface area contributed by atoms with Crippen molar-refractivity contribution in [3.05, 3.63) is 77.4 Å². The number of hydrogen-bond acceptors (Lipinski definition) is 10. The minimum atomic E-state index is -1.60. The second kappa shape index (κ2) is 18.0. The number of rotatable bonds is 18. The van der Waals surface area contributed by atoms with E-state index >= 15 is 0 Å². The van der Waals surface area contributed by atoms with Gasteiger partial charge < -0.3 is 24.1 Å². The van der Waals surface area contributed by atoms with Crippen molar-refractivity contribution in [2.45, 2.75) is 91.8 Å². The molecule has 1 fully saturated rings. The average molecular weight is 680 g/mol. The Morgan fingerprint density at radius 3 is 2.35 bits per heavy atom. The molecular weight excluding hydrogens is 630 g/mol. The lowest BCUT2D eigenvalue weighted by atomic mass is 9.87. The highest BCUT2D eigenvalue weighted by atomic mass is 16.6. The molecule has 1 N–H and O–H groups in total. The summed E-state index contributed by atoms with van der Waals surface area (Å²) in [6.07, 6.45) is -1.52. The smallest absolute Gasteiger partial charge is 0.417 e. The molecule has 3 rings (SSSR count). The Hall–Kier alpha value is -4.19. The average Bonchev–Trinajstić information content (AvgIpc) is 3.30. The van der Waals surface area contributed by atoms with Gasteiger partial charge in [0.2, 0.25) is 5.91 Å². The minimum Gasteiger partial charge on any atom is -0.453 e. The van der Waals surface area contributed by atoms with Crippen molar-refractivity contribution in [3.8, 4) is 0 Å². The van der Waals surface area contributed by atoms with Gasteiger partial charge in [-0.05, 0) is 57.2 Å². The zero-order valence-electron chi connectivity index (χ0n) is 29.5. The molecule has 266 valence electrons. The Kier molecular flexibility index (Phi) is 14.4. The van der Waals surface area contributed by atoms with Gasteiger partial charge in [-0.15, -0.1) is 0 Å². The van der Waals surface area contributed by atoms with Crippen LogP contribution in [-0.2, 0) is 44.7 Å². The van der Waals surface area contributed by atoms with E-state index in [1.54, 1.807) is 32.0 Å². The summed E-state index contributed by atoms with van der Waals surface area (Å²) in [5.74, 6) is -4.08. The van der Waals surface area contributed by atoms with Gasteiger partial charge in [0.05, 0.1) is 31.8 Å². The van der Waals surface area contributed by atoms with Crippen molar-refractivity contribution in [2.75, 3.05) is 19.8 Å². The summed E-state index contributed by atoms with van der Waals surface area (Å²) >= 11 is 0. The number of carbonyl (C=O) groups excluding carboxylic acids is 5. The van der Waals surface area contributed by atoms with Crippen LogP contribution in [0.25, 0.3) is 5.57 Å². The number of benzene rings is 2. The number of hydrogen-bond donors (Lipinski definition) is 1. The molecule has 0 spiro atoms. The van der Waals surface area contributed by atoms with Crippen LogP contribution in [-0.4, -0.2) is 83.2 Å². The third-order valence-corrected chi connectivity index (χ3v) is 8.27. The number of amides is 2. The summed E-state index contributed by atoms with van der Waals surface area (Å²) < 4.78 is 22.3. The van der Waals surface area contributed by atoms with Crippen molar-refractivity contribution in [2.24, 2.45) is 11.8 Å². The number of nitrogens with zero attached hydrogens (tertiary/aromatic N) is 1. The zero-order valence-corrected chi connectivity index (χ0v) is 29.5. The molecule has 2 aromatic carbocycles. The molecule has 1 heterocycles. The molecule has 1 saturated heterocycles. The maximum Gasteiger partial charge on any atom is 0.417 e. The van der Waals surface area contributed by atoms with Crippen LogP contribution in [0.1, 0.15) is 71.1 Å². The summed E-state index contributed by atoms with van der Waals surface area (Å²) in [5.41, 5.74) is 1.43. The minimum absolute atomic E-state index is 0.0270. The van der Waals surface area contributed by atoms with Crippen molar-refractivity contribution in [1.82, 2.24) is 4.90 Å². The Labute approximate surface area is 288 Å². The third-order valence-electron chi connectivity index (χ3n) is 8.27. The Bertz CT molecular complexity index is 1500. The van der Waals surface area contributed by atoms with E-state index in [1.807, 2.05) is 57.2 Å². The number of aryl methyl sites for hydroxylation is 1. The summed E-state index contributed by atoms with van der Waals surface area (Å²) in [6, 6.07) is 16.0. The van der Waals surface area contributed by atoms with E-state index in [0.717, 1.165) is 29.0 Å². The second-order valence-electron chi connectivity index (χ2n) is 13.2. The number of esters is 1. The lowest BCUT2D eigenvalue weighted by Crippen LogP contribution is -2.52. The van der Waals surface area contributed by atoms with Crippen LogP contribution >= 0.6 is 0 Å². The lowest BCUT2D eigenvalue weighted by Gasteiger charge is -2.33. The van der Waals surface area contributed by atoms with Gasteiger partial charge in [-0.25, -0.2) is 9.69 Å². The lowest BCUT2D eigenvalue weighted by molar-refractivity contribution is -0.158. The number of allylic oxidation sites excluding steroid dienone is 1. The van der Waals surface area contributed by atoms with Crippen LogP contribution in [0.5, 0.6) is 0 Å². The van der Waals surface area contributed by atoms with Crippen LogP contribution in [0.2, 0.25) is 0 Å². The highest BCUT2D eigenvalue weighted by Gasteiger charge is 2.53. The molecule has 2 aromatic rings. The van der Waals surface area contributed by atoms with Crippen molar-refractivity contribution in [1.29, 1.82) is 0 Å². The molecule has 0 unspecified atom stereocenters. The highest BCUT2D eigenvalue weighted by Crippen LogP contribution is 2.35. The van der Waals surface area contributed by atoms with Crippen LogP contribution in [0, 0.1) is 18.8 Å². The van der Waals surface area contributed by atoms with Gasteiger partial charge in [-0.2, -0.15) is 0 Å². The first-order valence-corrected chi connectivity index (χ1v) is 16.6. The van der Waals surface area contributed by atoms with Gasteiger partial charge in [0.15, 0.2) is 17.7 Å². The highest BCUT2D eigenvalue weighted by molar-refractivity contribution is 6.25. The number of Topliss-reactive ketones (excluding diaryl/α,β-unsaturated/α-hetero) is 1. The Morgan fingerprint density at radius 1 is 1.04 bits per heavy atom. The van der Waals surface area contributed by atoms with E-state index in [4.69, 9.17) is 18.9 Å². The van der Waals surface area contributed by atoms with Crippen LogP contribution in [0.15, 0.2) is 60.7 Å². The number of aliphatic hydroxyl groups excluding tert-OH is 1. The predicted molar refractivity (Wildman–Crippen MR) is 182 cm³/mol. The molecule has 11 nitrogen and oxygen atoms in total. The van der Waals surface area contributed by atoms with Gasteiger partial charge in [-0.1, -0.05) is 74.0 Å². The molecule has 49 heavy (non-hydrogen) atoms. The summed E-state index contributed by atoms with van der Waals surface area (Å²) in [4.78, 5) is 67.2. The molecule has 0 aromatic heterocycles. The number of cyclic esters (lactones) is 1. The van der Waals surface area contributed by atoms with Crippen molar-refractivity contribution in [3.63, 3.8) is 0 Å². The fourth-order valence-electron chi connectivity index (χ4n) is 6.01. The second-order valence-corrected chi connectivity index (χ2v) is 13.2. The van der Waals surface area contributed by atoms with E-state index < -0.39 is 53.5 Å². The van der Waals surface area contributed by atoms with Crippen molar-refractivity contribution < 1.29 is 48.0 Å². The predicted octanol–water partition coefficient (Wildman–Crippen LogP) is 5.24. The van der Waals surface area contributed by atoms with Gasteiger partial charge in [0, 0.05) is 25.5 Å². The van der Waals surface area contributed by atoms with Gasteiger partial charge in [0.25, 0.3) is 0 Å². The Morgan fingerprint density at radius 2 is 1.73 bits per heavy atom. The van der Waals surface area contributed by atoms with E-state index in [-0.39, 0.29) is 43.5 Å². The number of carbonyl (C=O) groups is 5. The number of ketones is 2. The van der Waals surface area contributed by atoms with Crippen molar-refractivity contribution >= 4 is 35.1 Å². The third kappa shape index (κ3) is 10.9. The summed E-state index contributed by atoms with van der Waals surface area (Å²) in [5, 5.41) is 9.68. The summed E-state index contributed by atoms with van der Waals surface area (Å²) in [7, 11) is 0. The van der Waals surface area contributed by atoms with E-state index in [1.165, 1.54) is 6.92 Å². The molecule has 0 aliphatic carbocycles. The quantitative estimate of drug-likeness (QED) is 0.126. The van der Waals surface area contributed by atoms with Gasteiger partial charge in [0.1, 0.15) is 11.7 Å². The molecule has 1 aliphatic heterocycles. The first-order chi connectivity index (χ1) is 23.2. The molecule has 0 saturated carbocycles. The molecule has 1 aliphatic rings. The van der Waals surface area contributed by atoms with E-state index in [9.17, 15) is 29.1 Å². The Balaban J connectivity index is 1.75. The molecule has 2 amide bonds. The van der Waals surface area contributed by atoms with Crippen LogP contribution in [0.4, 0.5) is 4.79 Å². The first kappa shape index (κ1) is 39.3. The van der Waals surface area contributed by atoms with Gasteiger partial charge in [-0.3, -0.25) is 19.2 Å². The number of aliphatic hydroxyl groups is 1. The first-order valence-electron chi connectivity index (χ1n) is 16.6. The topological polar surface area (TPSA) is 146 Å². The monoisotopic (exact) mass is 679 g/mol. The molecule has 4 atom stereocenters. The fourth-order valence-corrected chi connectivity index (χ4v) is 6.01. The molecule has 0 radical (unpaired) electrons. The fraction of sp³-hybridized carbons (Fsp3) is 0.500. The largest absolute Gasteiger partial charge is 0.453 e. The van der Waals surface area contributed by atoms with Crippen LogP contribution in [0.3, 0.4) is 0 Å². The summed E-state index contributed by atoms with van der Waals surface area (Å²) in [6.45, 7) is 11.9. The number of imide groups is 1. The zero-order chi connectivity index (χ0) is 36.3. The van der Waals surface area contributed by atoms with Crippen LogP contribution < -0.4 is 0 Å². The molecule has 11 heteroatoms. The van der Waals surface area contributed by atoms with E-state index in [2.05, 4.69) is 0 Å². The standard InChI is InChI=1S/C38H49NO10/c1-24(2)35-38(6,7)49-37(45)39(35)36(44)26(4)34(48-27(5)41)33(43)20-31(29-16-11-13-25(3)19-29)32(42)17-12-18-46-23-30(21-40)47-22-28-14-9-8-10-15-28/h8-11,13-16,19-20,24,26,30,34-35,40H,12,17-18,21-23H2,1-7H3/t26-,30+,34-,35-/m0/s1.